The van der Waals surface area contributed by atoms with Crippen LogP contribution < -0.4 is 15.5 Å². The quantitative estimate of drug-likeness (QED) is 0.101. The maximum absolute atomic E-state index is 13.9. The van der Waals surface area contributed by atoms with Gasteiger partial charge in [-0.15, -0.1) is 0 Å². The highest BCUT2D eigenvalue weighted by Crippen LogP contribution is 2.48. The van der Waals surface area contributed by atoms with Gasteiger partial charge in [0.05, 0.1) is 60.5 Å². The van der Waals surface area contributed by atoms with E-state index in [-0.39, 0.29) is 53.2 Å². The van der Waals surface area contributed by atoms with Crippen LogP contribution in [-0.2, 0) is 24.5 Å². The van der Waals surface area contributed by atoms with E-state index in [0.29, 0.717) is 13.1 Å². The van der Waals surface area contributed by atoms with Crippen molar-refractivity contribution in [2.24, 2.45) is 11.8 Å². The van der Waals surface area contributed by atoms with Gasteiger partial charge in [-0.2, -0.15) is 0 Å². The Balaban J connectivity index is 1.09. The van der Waals surface area contributed by atoms with Crippen LogP contribution in [0.4, 0.5) is 15.3 Å². The van der Waals surface area contributed by atoms with Crippen molar-refractivity contribution in [3.05, 3.63) is 89.0 Å². The molecule has 5 aromatic rings. The number of fused-ring (bicyclic) bond motifs is 2. The van der Waals surface area contributed by atoms with Gasteiger partial charge in [0.15, 0.2) is 0 Å². The Morgan fingerprint density at radius 3 is 1.45 bits per heavy atom. The van der Waals surface area contributed by atoms with Gasteiger partial charge in [-0.3, -0.25) is 9.59 Å². The lowest BCUT2D eigenvalue weighted by atomic mass is 9.87. The molecular formula is C50H65N9O6. The zero-order valence-corrected chi connectivity index (χ0v) is 39.2. The molecule has 0 spiro atoms. The number of alkyl carbamates (subject to hydrolysis) is 2. The number of ether oxygens (including phenoxy) is 2. The van der Waals surface area contributed by atoms with Gasteiger partial charge in [0.1, 0.15) is 23.7 Å². The number of hydrogen-bond donors (Lipinski definition) is 4. The van der Waals surface area contributed by atoms with Crippen LogP contribution in [0.2, 0.25) is 0 Å². The largest absolute Gasteiger partial charge is 0.453 e. The molecule has 3 aliphatic heterocycles. The van der Waals surface area contributed by atoms with Crippen molar-refractivity contribution in [1.29, 1.82) is 0 Å². The van der Waals surface area contributed by atoms with Gasteiger partial charge in [-0.25, -0.2) is 19.6 Å². The molecule has 3 saturated heterocycles. The van der Waals surface area contributed by atoms with E-state index >= 15 is 0 Å². The number of amides is 4. The van der Waals surface area contributed by atoms with Gasteiger partial charge in [-0.05, 0) is 109 Å². The molecule has 15 nitrogen and oxygen atoms in total. The van der Waals surface area contributed by atoms with Crippen molar-refractivity contribution in [1.82, 2.24) is 40.4 Å². The van der Waals surface area contributed by atoms with Crippen LogP contribution >= 0.6 is 0 Å². The molecule has 5 heterocycles. The number of benzene rings is 3. The van der Waals surface area contributed by atoms with Crippen molar-refractivity contribution >= 4 is 51.8 Å². The number of nitrogens with zero attached hydrogens (tertiary/aromatic N) is 5. The van der Waals surface area contributed by atoms with E-state index in [9.17, 15) is 19.2 Å². The lowest BCUT2D eigenvalue weighted by molar-refractivity contribution is -0.136. The molecule has 6 atom stereocenters. The summed E-state index contributed by atoms with van der Waals surface area (Å²) in [6.07, 6.45) is 3.84. The summed E-state index contributed by atoms with van der Waals surface area (Å²) < 4.78 is 9.66. The van der Waals surface area contributed by atoms with E-state index in [1.54, 1.807) is 0 Å². The minimum Gasteiger partial charge on any atom is -0.453 e. The number of aromatic nitrogens is 4. The third-order valence-corrected chi connectivity index (χ3v) is 13.7. The second-order valence-electron chi connectivity index (χ2n) is 19.7. The molecule has 0 aliphatic carbocycles. The number of nitrogens with one attached hydrogen (secondary N) is 4. The fourth-order valence-corrected chi connectivity index (χ4v) is 10.2. The molecule has 0 bridgehead atoms. The molecule has 65 heavy (non-hydrogen) atoms. The van der Waals surface area contributed by atoms with Crippen LogP contribution in [0, 0.1) is 11.8 Å². The third kappa shape index (κ3) is 9.11. The number of H-pyrrole nitrogens is 2. The standard InChI is InChI=1S/C50H65N9O6/c1-28(2)42(55-48(62)64-8)46(60)57-24-10-12-40(57)44-51-34-20-14-30(26-36(34)53-44)38-22-23-39(59(38)33-18-16-32(17-19-33)50(5,6)7)31-15-21-35-37(27-31)54-45(52-35)41-13-11-25-58(41)47(61)43(29(3)4)56-49(63)65-9/h14-21,26-29,38-43H,10-13,22-25H2,1-9H3,(H,51,53)(H,52,54)(H,55,62)(H,56,63)/t38-,39?,40+,41+,42+,43+/m1/s1. The number of aromatic amines is 2. The van der Waals surface area contributed by atoms with Crippen molar-refractivity contribution < 1.29 is 28.7 Å². The molecule has 3 aromatic carbocycles. The predicted octanol–water partition coefficient (Wildman–Crippen LogP) is 8.91. The average Bonchev–Trinajstić information content (AvgIpc) is 4.14. The molecular weight excluding hydrogens is 823 g/mol. The molecule has 4 amide bonds. The smallest absolute Gasteiger partial charge is 0.407 e. The molecule has 0 radical (unpaired) electrons. The lowest BCUT2D eigenvalue weighted by Crippen LogP contribution is -2.51. The van der Waals surface area contributed by atoms with Crippen LogP contribution in [0.25, 0.3) is 22.1 Å². The summed E-state index contributed by atoms with van der Waals surface area (Å²) in [7, 11) is 2.60. The Morgan fingerprint density at radius 1 is 0.631 bits per heavy atom. The predicted molar refractivity (Wildman–Crippen MR) is 250 cm³/mol. The summed E-state index contributed by atoms with van der Waals surface area (Å²) in [5.74, 6) is 0.984. The monoisotopic (exact) mass is 888 g/mol. The number of hydrogen-bond acceptors (Lipinski definition) is 9. The van der Waals surface area contributed by atoms with Crippen LogP contribution in [0.3, 0.4) is 0 Å². The van der Waals surface area contributed by atoms with E-state index in [1.807, 2.05) is 37.5 Å². The lowest BCUT2D eigenvalue weighted by Gasteiger charge is -2.34. The second-order valence-corrected chi connectivity index (χ2v) is 19.7. The van der Waals surface area contributed by atoms with E-state index in [4.69, 9.17) is 19.4 Å². The maximum atomic E-state index is 13.9. The first kappa shape index (κ1) is 45.4. The molecule has 3 aliphatic rings. The van der Waals surface area contributed by atoms with Crippen LogP contribution in [-0.4, -0.2) is 93.1 Å². The number of methoxy groups -OCH3 is 2. The molecule has 4 N–H and O–H groups in total. The summed E-state index contributed by atoms with van der Waals surface area (Å²) in [6, 6.07) is 20.2. The first-order valence-electron chi connectivity index (χ1n) is 23.2. The Bertz CT molecular complexity index is 2390. The van der Waals surface area contributed by atoms with Crippen LogP contribution in [0.5, 0.6) is 0 Å². The minimum atomic E-state index is -0.706. The molecule has 346 valence electrons. The summed E-state index contributed by atoms with van der Waals surface area (Å²) in [5.41, 5.74) is 8.29. The highest BCUT2D eigenvalue weighted by Gasteiger charge is 2.40. The normalized spacial score (nSPS) is 21.1. The van der Waals surface area contributed by atoms with Crippen molar-refractivity contribution in [2.75, 3.05) is 32.2 Å². The molecule has 1 unspecified atom stereocenters. The highest BCUT2D eigenvalue weighted by molar-refractivity contribution is 5.87. The van der Waals surface area contributed by atoms with Crippen LogP contribution in [0.15, 0.2) is 60.7 Å². The fourth-order valence-electron chi connectivity index (χ4n) is 10.2. The van der Waals surface area contributed by atoms with Crippen molar-refractivity contribution in [3.63, 3.8) is 0 Å². The zero-order chi connectivity index (χ0) is 46.3. The number of carbonyl (C=O) groups is 4. The average molecular weight is 888 g/mol. The van der Waals surface area contributed by atoms with Gasteiger partial charge in [0, 0.05) is 18.8 Å². The number of anilines is 1. The fraction of sp³-hybridized carbons (Fsp3) is 0.520. The Hall–Kier alpha value is -6.12. The van der Waals surface area contributed by atoms with Gasteiger partial charge >= 0.3 is 12.2 Å². The molecule has 8 rings (SSSR count). The first-order chi connectivity index (χ1) is 31.1. The Kier molecular flexibility index (Phi) is 12.9. The van der Waals surface area contributed by atoms with Crippen LogP contribution in [0.1, 0.15) is 139 Å². The second kappa shape index (κ2) is 18.4. The third-order valence-electron chi connectivity index (χ3n) is 13.7. The maximum Gasteiger partial charge on any atom is 0.407 e. The Morgan fingerprint density at radius 2 is 1.06 bits per heavy atom. The number of likely N-dealkylation sites (tertiary alicyclic amines) is 2. The van der Waals surface area contributed by atoms with Crippen molar-refractivity contribution in [3.8, 4) is 0 Å². The van der Waals surface area contributed by atoms with E-state index < -0.39 is 24.3 Å². The molecule has 2 aromatic heterocycles. The first-order valence-corrected chi connectivity index (χ1v) is 23.2. The van der Waals surface area contributed by atoms with E-state index in [0.717, 1.165) is 77.9 Å². The summed E-state index contributed by atoms with van der Waals surface area (Å²) >= 11 is 0. The minimum absolute atomic E-state index is 0.00913. The summed E-state index contributed by atoms with van der Waals surface area (Å²) in [6.45, 7) is 15.5. The SMILES string of the molecule is COC(=O)N[C@H](C(=O)N1CCC[C@H]1c1nc2ccc(C3CC[C@H](c4ccc5nc([C@@H]6CCCN6C(=O)[C@@H](NC(=O)OC)C(C)C)[nH]c5c4)N3c3ccc(C(C)(C)C)cc3)cc2[nH]1)C(C)C. The van der Waals surface area contributed by atoms with Gasteiger partial charge in [0.2, 0.25) is 11.8 Å². The van der Waals surface area contributed by atoms with Gasteiger partial charge in [0.25, 0.3) is 0 Å². The molecule has 0 saturated carbocycles. The zero-order valence-electron chi connectivity index (χ0n) is 39.2. The number of rotatable bonds is 11. The van der Waals surface area contributed by atoms with Gasteiger partial charge in [-0.1, -0.05) is 72.7 Å². The van der Waals surface area contributed by atoms with Crippen molar-refractivity contribution in [2.45, 2.75) is 129 Å². The Labute approximate surface area is 381 Å². The number of imidazole rings is 2. The van der Waals surface area contributed by atoms with E-state index in [1.165, 1.54) is 30.9 Å². The molecule has 3 fully saturated rings. The summed E-state index contributed by atoms with van der Waals surface area (Å²) in [4.78, 5) is 75.6. The highest BCUT2D eigenvalue weighted by atomic mass is 16.5. The summed E-state index contributed by atoms with van der Waals surface area (Å²) in [5, 5.41) is 5.49. The van der Waals surface area contributed by atoms with E-state index in [2.05, 4.69) is 107 Å². The van der Waals surface area contributed by atoms with Gasteiger partial charge < -0.3 is 44.8 Å². The topological polar surface area (TPSA) is 178 Å². The molecule has 15 heteroatoms. The number of carbonyl (C=O) groups excluding carboxylic acids is 4.